The van der Waals surface area contributed by atoms with E-state index in [0.29, 0.717) is 16.6 Å². The quantitative estimate of drug-likeness (QED) is 0.520. The lowest BCUT2D eigenvalue weighted by Crippen LogP contribution is -2.27. The SMILES string of the molecule is Cc1ncc(-c2ccc3c(I)cnc(NC(=O)OC(C)(C)C)c3c2F)n1C. The second-order valence-electron chi connectivity index (χ2n) is 7.18. The fourth-order valence-electron chi connectivity index (χ4n) is 2.71. The maximum Gasteiger partial charge on any atom is 0.413 e. The van der Waals surface area contributed by atoms with Crippen molar-refractivity contribution in [2.45, 2.75) is 33.3 Å². The molecule has 142 valence electrons. The molecule has 0 aliphatic heterocycles. The van der Waals surface area contributed by atoms with Crippen LogP contribution in [0, 0.1) is 16.3 Å². The summed E-state index contributed by atoms with van der Waals surface area (Å²) in [4.78, 5) is 20.6. The molecule has 2 heterocycles. The molecule has 0 fully saturated rings. The van der Waals surface area contributed by atoms with Crippen LogP contribution in [0.25, 0.3) is 22.0 Å². The van der Waals surface area contributed by atoms with Crippen LogP contribution in [0.1, 0.15) is 26.6 Å². The van der Waals surface area contributed by atoms with Crippen molar-refractivity contribution in [3.63, 3.8) is 0 Å². The topological polar surface area (TPSA) is 69.0 Å². The van der Waals surface area contributed by atoms with Gasteiger partial charge in [-0.2, -0.15) is 0 Å². The van der Waals surface area contributed by atoms with Crippen LogP contribution in [0.15, 0.2) is 24.5 Å². The number of hydrogen-bond donors (Lipinski definition) is 1. The fraction of sp³-hybridized carbons (Fsp3) is 0.316. The lowest BCUT2D eigenvalue weighted by Gasteiger charge is -2.20. The van der Waals surface area contributed by atoms with E-state index in [1.54, 1.807) is 39.2 Å². The summed E-state index contributed by atoms with van der Waals surface area (Å²) in [7, 11) is 1.83. The molecule has 6 nitrogen and oxygen atoms in total. The van der Waals surface area contributed by atoms with Crippen LogP contribution in [0.5, 0.6) is 0 Å². The zero-order chi connectivity index (χ0) is 19.9. The number of hydrogen-bond acceptors (Lipinski definition) is 4. The Balaban J connectivity index is 2.15. The number of halogens is 2. The Morgan fingerprint density at radius 2 is 1.96 bits per heavy atom. The Kier molecular flexibility index (Phi) is 5.11. The van der Waals surface area contributed by atoms with Crippen molar-refractivity contribution in [2.75, 3.05) is 5.32 Å². The highest BCUT2D eigenvalue weighted by Crippen LogP contribution is 2.34. The van der Waals surface area contributed by atoms with E-state index >= 15 is 4.39 Å². The third-order valence-corrected chi connectivity index (χ3v) is 4.92. The molecule has 3 aromatic rings. The largest absolute Gasteiger partial charge is 0.444 e. The maximum atomic E-state index is 15.5. The van der Waals surface area contributed by atoms with Crippen LogP contribution in [0.3, 0.4) is 0 Å². The molecule has 1 amide bonds. The molecule has 0 spiro atoms. The first kappa shape index (κ1) is 19.5. The van der Waals surface area contributed by atoms with Crippen molar-refractivity contribution in [1.29, 1.82) is 0 Å². The Hall–Kier alpha value is -2.23. The number of amides is 1. The Labute approximate surface area is 170 Å². The second kappa shape index (κ2) is 7.06. The van der Waals surface area contributed by atoms with Gasteiger partial charge in [0.15, 0.2) is 0 Å². The van der Waals surface area contributed by atoms with Crippen molar-refractivity contribution < 1.29 is 13.9 Å². The number of anilines is 1. The van der Waals surface area contributed by atoms with Crippen LogP contribution in [-0.4, -0.2) is 26.2 Å². The van der Waals surface area contributed by atoms with Crippen molar-refractivity contribution in [3.8, 4) is 11.3 Å². The molecule has 1 aromatic carbocycles. The van der Waals surface area contributed by atoms with Crippen molar-refractivity contribution in [1.82, 2.24) is 14.5 Å². The first-order valence-electron chi connectivity index (χ1n) is 8.34. The van der Waals surface area contributed by atoms with Gasteiger partial charge in [-0.3, -0.25) is 5.32 Å². The van der Waals surface area contributed by atoms with Gasteiger partial charge in [0.25, 0.3) is 0 Å². The van der Waals surface area contributed by atoms with Gasteiger partial charge in [-0.05, 0) is 56.4 Å². The van der Waals surface area contributed by atoms with Crippen LogP contribution in [-0.2, 0) is 11.8 Å². The predicted octanol–water partition coefficient (Wildman–Crippen LogP) is 5.03. The summed E-state index contributed by atoms with van der Waals surface area (Å²) in [5.74, 6) is 0.433. The average Bonchev–Trinajstić information content (AvgIpc) is 2.88. The molecule has 0 unspecified atom stereocenters. The predicted molar refractivity (Wildman–Crippen MR) is 111 cm³/mol. The molecule has 27 heavy (non-hydrogen) atoms. The number of imidazole rings is 1. The van der Waals surface area contributed by atoms with E-state index in [9.17, 15) is 4.79 Å². The summed E-state index contributed by atoms with van der Waals surface area (Å²) >= 11 is 2.09. The van der Waals surface area contributed by atoms with E-state index in [0.717, 1.165) is 9.39 Å². The van der Waals surface area contributed by atoms with Gasteiger partial charge in [0.2, 0.25) is 0 Å². The minimum absolute atomic E-state index is 0.123. The molecule has 0 saturated carbocycles. The van der Waals surface area contributed by atoms with E-state index < -0.39 is 17.5 Å². The Morgan fingerprint density at radius 1 is 1.26 bits per heavy atom. The lowest BCUT2D eigenvalue weighted by atomic mass is 10.0. The maximum absolute atomic E-state index is 15.5. The summed E-state index contributed by atoms with van der Waals surface area (Å²) in [6, 6.07) is 3.54. The molecule has 0 radical (unpaired) electrons. The molecule has 0 saturated heterocycles. The van der Waals surface area contributed by atoms with E-state index in [1.165, 1.54) is 0 Å². The summed E-state index contributed by atoms with van der Waals surface area (Å²) < 4.78 is 23.4. The van der Waals surface area contributed by atoms with Gasteiger partial charge >= 0.3 is 6.09 Å². The monoisotopic (exact) mass is 482 g/mol. The van der Waals surface area contributed by atoms with Crippen LogP contribution < -0.4 is 5.32 Å². The van der Waals surface area contributed by atoms with E-state index in [2.05, 4.69) is 37.9 Å². The number of nitrogens with one attached hydrogen (secondary N) is 1. The summed E-state index contributed by atoms with van der Waals surface area (Å²) in [6.45, 7) is 7.13. The van der Waals surface area contributed by atoms with E-state index in [4.69, 9.17) is 4.74 Å². The number of nitrogens with zero attached hydrogens (tertiary/aromatic N) is 3. The number of rotatable bonds is 2. The van der Waals surface area contributed by atoms with Crippen LogP contribution >= 0.6 is 22.6 Å². The number of ether oxygens (including phenoxy) is 1. The zero-order valence-corrected chi connectivity index (χ0v) is 17.9. The number of fused-ring (bicyclic) bond motifs is 1. The zero-order valence-electron chi connectivity index (χ0n) is 15.7. The number of aromatic nitrogens is 3. The molecule has 0 aliphatic carbocycles. The minimum atomic E-state index is -0.682. The first-order valence-corrected chi connectivity index (χ1v) is 9.42. The number of benzene rings is 1. The second-order valence-corrected chi connectivity index (χ2v) is 8.34. The fourth-order valence-corrected chi connectivity index (χ4v) is 3.30. The van der Waals surface area contributed by atoms with Crippen molar-refractivity contribution in [2.24, 2.45) is 7.05 Å². The minimum Gasteiger partial charge on any atom is -0.444 e. The highest BCUT2D eigenvalue weighted by molar-refractivity contribution is 14.1. The molecule has 2 aromatic heterocycles. The summed E-state index contributed by atoms with van der Waals surface area (Å²) in [5.41, 5.74) is 0.370. The number of pyridine rings is 1. The van der Waals surface area contributed by atoms with E-state index in [1.807, 2.05) is 24.6 Å². The Morgan fingerprint density at radius 3 is 2.56 bits per heavy atom. The third kappa shape index (κ3) is 3.90. The highest BCUT2D eigenvalue weighted by Gasteiger charge is 2.21. The average molecular weight is 482 g/mol. The normalized spacial score (nSPS) is 11.7. The number of aryl methyl sites for hydroxylation is 1. The van der Waals surface area contributed by atoms with Gasteiger partial charge in [0.05, 0.1) is 17.3 Å². The highest BCUT2D eigenvalue weighted by atomic mass is 127. The van der Waals surface area contributed by atoms with Crippen LogP contribution in [0.4, 0.5) is 15.0 Å². The third-order valence-electron chi connectivity index (χ3n) is 4.06. The molecule has 8 heteroatoms. The first-order chi connectivity index (χ1) is 12.6. The van der Waals surface area contributed by atoms with Gasteiger partial charge in [0.1, 0.15) is 23.1 Å². The molecular weight excluding hydrogens is 462 g/mol. The molecule has 3 rings (SSSR count). The Bertz CT molecular complexity index is 1040. The standard InChI is InChI=1S/C19H20FIN4O2/c1-10-22-9-14(25(10)5)12-7-6-11-13(21)8-23-17(15(11)16(12)20)24-18(26)27-19(2,3)4/h6-9H,1-5H3,(H,23,24,26). The number of carbonyl (C=O) groups excluding carboxylic acids is 1. The molecular formula is C19H20FIN4O2. The van der Waals surface area contributed by atoms with Gasteiger partial charge in [0, 0.05) is 27.8 Å². The molecule has 0 bridgehead atoms. The van der Waals surface area contributed by atoms with Gasteiger partial charge in [-0.25, -0.2) is 19.2 Å². The summed E-state index contributed by atoms with van der Waals surface area (Å²) in [6.07, 6.45) is 2.53. The van der Waals surface area contributed by atoms with Crippen molar-refractivity contribution in [3.05, 3.63) is 39.7 Å². The smallest absolute Gasteiger partial charge is 0.413 e. The van der Waals surface area contributed by atoms with E-state index in [-0.39, 0.29) is 11.2 Å². The molecule has 0 aliphatic rings. The number of carbonyl (C=O) groups is 1. The van der Waals surface area contributed by atoms with Gasteiger partial charge in [-0.15, -0.1) is 0 Å². The lowest BCUT2D eigenvalue weighted by molar-refractivity contribution is 0.0635. The van der Waals surface area contributed by atoms with Crippen molar-refractivity contribution >= 4 is 45.3 Å². The summed E-state index contributed by atoms with van der Waals surface area (Å²) in [5, 5.41) is 3.47. The molecule has 1 N–H and O–H groups in total. The van der Waals surface area contributed by atoms with Gasteiger partial charge in [-0.1, -0.05) is 6.07 Å². The molecule has 0 atom stereocenters. The van der Waals surface area contributed by atoms with Crippen LogP contribution in [0.2, 0.25) is 0 Å². The van der Waals surface area contributed by atoms with Gasteiger partial charge < -0.3 is 9.30 Å².